The van der Waals surface area contributed by atoms with Gasteiger partial charge in [0.1, 0.15) is 5.82 Å². The van der Waals surface area contributed by atoms with Crippen LogP contribution in [0.2, 0.25) is 0 Å². The zero-order chi connectivity index (χ0) is 20.1. The van der Waals surface area contributed by atoms with Gasteiger partial charge >= 0.3 is 0 Å². The van der Waals surface area contributed by atoms with Gasteiger partial charge in [0.05, 0.1) is 5.52 Å². The first-order chi connectivity index (χ1) is 14.2. The molecule has 0 saturated carbocycles. The van der Waals surface area contributed by atoms with E-state index in [0.717, 1.165) is 28.0 Å². The van der Waals surface area contributed by atoms with Crippen molar-refractivity contribution >= 4 is 28.3 Å². The summed E-state index contributed by atoms with van der Waals surface area (Å²) in [6.07, 6.45) is 3.83. The number of aromatic nitrogens is 3. The zero-order valence-electron chi connectivity index (χ0n) is 16.1. The Morgan fingerprint density at radius 2 is 1.76 bits per heavy atom. The third-order valence-corrected chi connectivity index (χ3v) is 4.60. The molecule has 0 atom stereocenters. The fraction of sp³-hybridized carbons (Fsp3) is 0.130. The second-order valence-corrected chi connectivity index (χ2v) is 6.72. The maximum atomic E-state index is 12.3. The molecule has 0 radical (unpaired) electrons. The van der Waals surface area contributed by atoms with Crippen LogP contribution in [0.5, 0.6) is 0 Å². The molecule has 0 unspecified atom stereocenters. The van der Waals surface area contributed by atoms with Crippen LogP contribution in [0.15, 0.2) is 79.1 Å². The van der Waals surface area contributed by atoms with Gasteiger partial charge in [0, 0.05) is 49.0 Å². The van der Waals surface area contributed by atoms with Gasteiger partial charge in [-0.15, -0.1) is 0 Å². The lowest BCUT2D eigenvalue weighted by Gasteiger charge is -2.20. The summed E-state index contributed by atoms with van der Waals surface area (Å²) >= 11 is 0. The number of para-hydroxylation sites is 2. The first-order valence-corrected chi connectivity index (χ1v) is 9.44. The number of hydrogen-bond donors (Lipinski definition) is 1. The molecular weight excluding hydrogens is 362 g/mol. The predicted octanol–water partition coefficient (Wildman–Crippen LogP) is 4.16. The standard InChI is InChI=1S/C23H21N5O/c1-28(15-13-21(29)25-18-9-3-2-4-10-18)23-19-11-5-6-12-20(19)26-22(27-23)17-8-7-14-24-16-17/h2-12,14,16H,13,15H2,1H3,(H,25,29). The highest BCUT2D eigenvalue weighted by atomic mass is 16.1. The van der Waals surface area contributed by atoms with E-state index in [0.29, 0.717) is 18.8 Å². The van der Waals surface area contributed by atoms with Crippen molar-refractivity contribution in [2.75, 3.05) is 23.8 Å². The molecule has 2 heterocycles. The molecule has 0 fully saturated rings. The number of benzene rings is 2. The molecule has 6 nitrogen and oxygen atoms in total. The Morgan fingerprint density at radius 3 is 2.55 bits per heavy atom. The lowest BCUT2D eigenvalue weighted by molar-refractivity contribution is -0.116. The molecular formula is C23H21N5O. The van der Waals surface area contributed by atoms with Gasteiger partial charge in [-0.3, -0.25) is 9.78 Å². The van der Waals surface area contributed by atoms with Crippen molar-refractivity contribution < 1.29 is 4.79 Å². The number of amides is 1. The Bertz CT molecular complexity index is 1120. The van der Waals surface area contributed by atoms with Gasteiger partial charge in [-0.1, -0.05) is 30.3 Å². The molecule has 0 spiro atoms. The lowest BCUT2D eigenvalue weighted by atomic mass is 10.2. The van der Waals surface area contributed by atoms with Crippen LogP contribution in [0.3, 0.4) is 0 Å². The minimum Gasteiger partial charge on any atom is -0.359 e. The quantitative estimate of drug-likeness (QED) is 0.541. The molecule has 6 heteroatoms. The van der Waals surface area contributed by atoms with E-state index in [1.165, 1.54) is 0 Å². The molecule has 0 aliphatic carbocycles. The summed E-state index contributed by atoms with van der Waals surface area (Å²) in [5.41, 5.74) is 2.51. The molecule has 1 amide bonds. The van der Waals surface area contributed by atoms with Crippen LogP contribution >= 0.6 is 0 Å². The summed E-state index contributed by atoms with van der Waals surface area (Å²) in [7, 11) is 1.94. The van der Waals surface area contributed by atoms with Crippen molar-refractivity contribution in [3.63, 3.8) is 0 Å². The minimum absolute atomic E-state index is 0.0334. The number of fused-ring (bicyclic) bond motifs is 1. The summed E-state index contributed by atoms with van der Waals surface area (Å²) in [6.45, 7) is 0.534. The molecule has 0 saturated heterocycles. The highest BCUT2D eigenvalue weighted by molar-refractivity contribution is 5.92. The van der Waals surface area contributed by atoms with Crippen molar-refractivity contribution in [2.24, 2.45) is 0 Å². The Hall–Kier alpha value is -3.80. The summed E-state index contributed by atoms with van der Waals surface area (Å²) in [6, 6.07) is 21.2. The van der Waals surface area contributed by atoms with E-state index in [4.69, 9.17) is 4.98 Å². The van der Waals surface area contributed by atoms with Crippen LogP contribution < -0.4 is 10.2 Å². The van der Waals surface area contributed by atoms with Crippen LogP contribution in [0.25, 0.3) is 22.3 Å². The van der Waals surface area contributed by atoms with Gasteiger partial charge in [-0.2, -0.15) is 0 Å². The molecule has 4 aromatic rings. The highest BCUT2D eigenvalue weighted by Gasteiger charge is 2.14. The van der Waals surface area contributed by atoms with E-state index in [1.807, 2.05) is 78.7 Å². The molecule has 4 rings (SSSR count). The monoisotopic (exact) mass is 383 g/mol. The number of nitrogens with zero attached hydrogens (tertiary/aromatic N) is 4. The number of anilines is 2. The van der Waals surface area contributed by atoms with Crippen molar-refractivity contribution in [3.05, 3.63) is 79.1 Å². The predicted molar refractivity (Wildman–Crippen MR) is 116 cm³/mol. The van der Waals surface area contributed by atoms with Gasteiger partial charge in [-0.05, 0) is 36.4 Å². The molecule has 29 heavy (non-hydrogen) atoms. The molecule has 2 aromatic heterocycles. The minimum atomic E-state index is -0.0334. The van der Waals surface area contributed by atoms with Gasteiger partial charge in [-0.25, -0.2) is 9.97 Å². The molecule has 2 aromatic carbocycles. The zero-order valence-corrected chi connectivity index (χ0v) is 16.1. The Labute approximate surface area is 169 Å². The molecule has 144 valence electrons. The van der Waals surface area contributed by atoms with E-state index >= 15 is 0 Å². The van der Waals surface area contributed by atoms with Crippen LogP contribution in [0, 0.1) is 0 Å². The number of carbonyl (C=O) groups excluding carboxylic acids is 1. The third kappa shape index (κ3) is 4.38. The highest BCUT2D eigenvalue weighted by Crippen LogP contribution is 2.26. The Kier molecular flexibility index (Phi) is 5.42. The molecule has 0 bridgehead atoms. The molecule has 0 aliphatic rings. The van der Waals surface area contributed by atoms with Crippen LogP contribution in [0.4, 0.5) is 11.5 Å². The Balaban J connectivity index is 1.56. The van der Waals surface area contributed by atoms with Gasteiger partial charge in [0.25, 0.3) is 0 Å². The average Bonchev–Trinajstić information content (AvgIpc) is 2.78. The fourth-order valence-corrected chi connectivity index (χ4v) is 3.10. The van der Waals surface area contributed by atoms with E-state index in [-0.39, 0.29) is 5.91 Å². The Morgan fingerprint density at radius 1 is 0.966 bits per heavy atom. The number of carbonyl (C=O) groups is 1. The first kappa shape index (κ1) is 18.6. The van der Waals surface area contributed by atoms with E-state index < -0.39 is 0 Å². The number of pyridine rings is 1. The molecule has 1 N–H and O–H groups in total. The second kappa shape index (κ2) is 8.48. The number of nitrogens with one attached hydrogen (secondary N) is 1. The van der Waals surface area contributed by atoms with Crippen LogP contribution in [-0.4, -0.2) is 34.5 Å². The van der Waals surface area contributed by atoms with Crippen molar-refractivity contribution in [1.82, 2.24) is 15.0 Å². The smallest absolute Gasteiger partial charge is 0.226 e. The van der Waals surface area contributed by atoms with E-state index in [9.17, 15) is 4.79 Å². The van der Waals surface area contributed by atoms with Gasteiger partial charge in [0.15, 0.2) is 5.82 Å². The summed E-state index contributed by atoms with van der Waals surface area (Å²) in [5, 5.41) is 3.87. The topological polar surface area (TPSA) is 71.0 Å². The molecule has 0 aliphatic heterocycles. The maximum absolute atomic E-state index is 12.3. The van der Waals surface area contributed by atoms with Crippen LogP contribution in [-0.2, 0) is 4.79 Å². The van der Waals surface area contributed by atoms with Crippen molar-refractivity contribution in [3.8, 4) is 11.4 Å². The first-order valence-electron chi connectivity index (χ1n) is 9.44. The lowest BCUT2D eigenvalue weighted by Crippen LogP contribution is -2.25. The summed E-state index contributed by atoms with van der Waals surface area (Å²) < 4.78 is 0. The summed E-state index contributed by atoms with van der Waals surface area (Å²) in [4.78, 5) is 27.9. The number of rotatable bonds is 6. The second-order valence-electron chi connectivity index (χ2n) is 6.72. The fourth-order valence-electron chi connectivity index (χ4n) is 3.10. The largest absolute Gasteiger partial charge is 0.359 e. The van der Waals surface area contributed by atoms with E-state index in [1.54, 1.807) is 12.4 Å². The van der Waals surface area contributed by atoms with Crippen molar-refractivity contribution in [1.29, 1.82) is 0 Å². The third-order valence-electron chi connectivity index (χ3n) is 4.60. The average molecular weight is 383 g/mol. The van der Waals surface area contributed by atoms with E-state index in [2.05, 4.69) is 15.3 Å². The normalized spacial score (nSPS) is 10.7. The maximum Gasteiger partial charge on any atom is 0.226 e. The SMILES string of the molecule is CN(CCC(=O)Nc1ccccc1)c1nc(-c2cccnc2)nc2ccccc12. The summed E-state index contributed by atoms with van der Waals surface area (Å²) in [5.74, 6) is 1.38. The van der Waals surface area contributed by atoms with Crippen molar-refractivity contribution in [2.45, 2.75) is 6.42 Å². The van der Waals surface area contributed by atoms with Gasteiger partial charge in [0.2, 0.25) is 5.91 Å². The van der Waals surface area contributed by atoms with Gasteiger partial charge < -0.3 is 10.2 Å². The number of hydrogen-bond acceptors (Lipinski definition) is 5. The van der Waals surface area contributed by atoms with Crippen LogP contribution in [0.1, 0.15) is 6.42 Å².